The first-order valence-electron chi connectivity index (χ1n) is 9.30. The van der Waals surface area contributed by atoms with Crippen LogP contribution in [0.1, 0.15) is 21.6 Å². The zero-order valence-electron chi connectivity index (χ0n) is 16.0. The Bertz CT molecular complexity index is 1130. The van der Waals surface area contributed by atoms with Gasteiger partial charge in [0.1, 0.15) is 5.69 Å². The summed E-state index contributed by atoms with van der Waals surface area (Å²) in [5.74, 6) is -0.340. The summed E-state index contributed by atoms with van der Waals surface area (Å²) in [5, 5.41) is 11.0. The highest BCUT2D eigenvalue weighted by Crippen LogP contribution is 2.19. The molecule has 1 heterocycles. The number of aromatic amines is 1. The van der Waals surface area contributed by atoms with E-state index in [9.17, 15) is 4.79 Å². The highest BCUT2D eigenvalue weighted by atomic mass is 16.2. The minimum atomic E-state index is -0.340. The molecule has 0 aliphatic heterocycles. The molecule has 0 unspecified atom stereocenters. The molecule has 2 N–H and O–H groups in total. The van der Waals surface area contributed by atoms with Gasteiger partial charge in [-0.05, 0) is 29.7 Å². The van der Waals surface area contributed by atoms with E-state index < -0.39 is 0 Å². The molecule has 0 saturated heterocycles. The van der Waals surface area contributed by atoms with Crippen LogP contribution < -0.4 is 5.43 Å². The SMILES string of the molecule is Cc1ccc(-c2cc(C(=O)N/N=C\c3ccc(-c4ccccc4)cc3)[nH]n2)cc1. The van der Waals surface area contributed by atoms with E-state index in [1.54, 1.807) is 12.3 Å². The molecule has 0 aliphatic rings. The molecule has 4 aromatic rings. The summed E-state index contributed by atoms with van der Waals surface area (Å²) in [5.41, 5.74) is 8.92. The van der Waals surface area contributed by atoms with Crippen molar-refractivity contribution in [3.05, 3.63) is 102 Å². The zero-order chi connectivity index (χ0) is 20.1. The van der Waals surface area contributed by atoms with E-state index in [4.69, 9.17) is 0 Å². The Hall–Kier alpha value is -3.99. The summed E-state index contributed by atoms with van der Waals surface area (Å²) in [7, 11) is 0. The Morgan fingerprint density at radius 2 is 1.55 bits per heavy atom. The molecule has 142 valence electrons. The van der Waals surface area contributed by atoms with Gasteiger partial charge in [-0.2, -0.15) is 10.2 Å². The molecular formula is C24H20N4O. The van der Waals surface area contributed by atoms with Gasteiger partial charge < -0.3 is 0 Å². The van der Waals surface area contributed by atoms with Gasteiger partial charge in [-0.25, -0.2) is 5.43 Å². The van der Waals surface area contributed by atoms with Gasteiger partial charge in [0.25, 0.3) is 5.91 Å². The average Bonchev–Trinajstić information content (AvgIpc) is 3.26. The van der Waals surface area contributed by atoms with E-state index in [0.717, 1.165) is 27.9 Å². The lowest BCUT2D eigenvalue weighted by molar-refractivity contribution is 0.0950. The van der Waals surface area contributed by atoms with Crippen molar-refractivity contribution in [3.63, 3.8) is 0 Å². The van der Waals surface area contributed by atoms with E-state index in [2.05, 4.69) is 32.9 Å². The number of hydrogen-bond donors (Lipinski definition) is 2. The number of carbonyl (C=O) groups is 1. The van der Waals surface area contributed by atoms with Crippen LogP contribution in [-0.4, -0.2) is 22.3 Å². The number of aromatic nitrogens is 2. The minimum absolute atomic E-state index is 0.340. The second-order valence-corrected chi connectivity index (χ2v) is 6.72. The molecule has 0 fully saturated rings. The molecule has 5 nitrogen and oxygen atoms in total. The number of hydrogen-bond acceptors (Lipinski definition) is 3. The van der Waals surface area contributed by atoms with Crippen LogP contribution in [0.2, 0.25) is 0 Å². The summed E-state index contributed by atoms with van der Waals surface area (Å²) < 4.78 is 0. The first-order valence-corrected chi connectivity index (χ1v) is 9.30. The van der Waals surface area contributed by atoms with Gasteiger partial charge in [0.15, 0.2) is 0 Å². The smallest absolute Gasteiger partial charge is 0.272 e. The summed E-state index contributed by atoms with van der Waals surface area (Å²) in [6, 6.07) is 27.8. The van der Waals surface area contributed by atoms with Crippen molar-refractivity contribution in [3.8, 4) is 22.4 Å². The Morgan fingerprint density at radius 3 is 2.28 bits per heavy atom. The topological polar surface area (TPSA) is 70.1 Å². The Labute approximate surface area is 169 Å². The van der Waals surface area contributed by atoms with Crippen LogP contribution in [-0.2, 0) is 0 Å². The Kier molecular flexibility index (Phi) is 5.29. The molecule has 0 radical (unpaired) electrons. The van der Waals surface area contributed by atoms with Crippen LogP contribution in [0.25, 0.3) is 22.4 Å². The maximum atomic E-state index is 12.3. The molecule has 0 spiro atoms. The third kappa shape index (κ3) is 4.47. The number of nitrogens with one attached hydrogen (secondary N) is 2. The standard InChI is InChI=1S/C24H20N4O/c1-17-7-11-21(12-8-17)22-15-23(27-26-22)24(29)28-25-16-18-9-13-20(14-10-18)19-5-3-2-4-6-19/h2-16H,1H3,(H,26,27)(H,28,29)/b25-16-. The van der Waals surface area contributed by atoms with Crippen molar-refractivity contribution >= 4 is 12.1 Å². The molecule has 3 aromatic carbocycles. The summed E-state index contributed by atoms with van der Waals surface area (Å²) >= 11 is 0. The van der Waals surface area contributed by atoms with Gasteiger partial charge in [-0.1, -0.05) is 84.4 Å². The second kappa shape index (κ2) is 8.35. The van der Waals surface area contributed by atoms with Crippen LogP contribution in [0.5, 0.6) is 0 Å². The molecule has 0 aliphatic carbocycles. The second-order valence-electron chi connectivity index (χ2n) is 6.72. The summed E-state index contributed by atoms with van der Waals surface area (Å²) in [6.07, 6.45) is 1.62. The summed E-state index contributed by atoms with van der Waals surface area (Å²) in [4.78, 5) is 12.3. The normalized spacial score (nSPS) is 10.9. The lowest BCUT2D eigenvalue weighted by atomic mass is 10.0. The number of hydrazone groups is 1. The molecule has 0 bridgehead atoms. The van der Waals surface area contributed by atoms with E-state index >= 15 is 0 Å². The van der Waals surface area contributed by atoms with Crippen molar-refractivity contribution in [2.24, 2.45) is 5.10 Å². The third-order valence-electron chi connectivity index (χ3n) is 4.57. The molecule has 29 heavy (non-hydrogen) atoms. The van der Waals surface area contributed by atoms with E-state index in [0.29, 0.717) is 5.69 Å². The quantitative estimate of drug-likeness (QED) is 0.385. The fraction of sp³-hybridized carbons (Fsp3) is 0.0417. The van der Waals surface area contributed by atoms with Crippen molar-refractivity contribution in [2.75, 3.05) is 0 Å². The molecule has 4 rings (SSSR count). The average molecular weight is 380 g/mol. The lowest BCUT2D eigenvalue weighted by Gasteiger charge is -2.01. The predicted molar refractivity (Wildman–Crippen MR) is 116 cm³/mol. The van der Waals surface area contributed by atoms with Gasteiger partial charge in [0.05, 0.1) is 11.9 Å². The molecule has 5 heteroatoms. The first-order chi connectivity index (χ1) is 14.2. The minimum Gasteiger partial charge on any atom is -0.272 e. The molecule has 1 aromatic heterocycles. The predicted octanol–water partition coefficient (Wildman–Crippen LogP) is 4.82. The number of amides is 1. The number of carbonyl (C=O) groups excluding carboxylic acids is 1. The van der Waals surface area contributed by atoms with Crippen LogP contribution >= 0.6 is 0 Å². The number of benzene rings is 3. The van der Waals surface area contributed by atoms with E-state index in [-0.39, 0.29) is 5.91 Å². The fourth-order valence-electron chi connectivity index (χ4n) is 2.93. The largest absolute Gasteiger partial charge is 0.289 e. The van der Waals surface area contributed by atoms with Crippen molar-refractivity contribution in [1.29, 1.82) is 0 Å². The molecule has 0 saturated carbocycles. The van der Waals surface area contributed by atoms with E-state index in [1.165, 1.54) is 5.56 Å². The van der Waals surface area contributed by atoms with Crippen LogP contribution in [0.4, 0.5) is 0 Å². The Balaban J connectivity index is 1.38. The van der Waals surface area contributed by atoms with Gasteiger partial charge in [-0.15, -0.1) is 0 Å². The van der Waals surface area contributed by atoms with Crippen LogP contribution in [0.3, 0.4) is 0 Å². The van der Waals surface area contributed by atoms with Gasteiger partial charge in [0, 0.05) is 5.56 Å². The third-order valence-corrected chi connectivity index (χ3v) is 4.57. The number of aryl methyl sites for hydroxylation is 1. The maximum Gasteiger partial charge on any atom is 0.289 e. The van der Waals surface area contributed by atoms with Crippen LogP contribution in [0, 0.1) is 6.92 Å². The van der Waals surface area contributed by atoms with Gasteiger partial charge in [0.2, 0.25) is 0 Å². The van der Waals surface area contributed by atoms with Crippen LogP contribution in [0.15, 0.2) is 90.0 Å². The van der Waals surface area contributed by atoms with E-state index in [1.807, 2.05) is 73.7 Å². The van der Waals surface area contributed by atoms with Crippen molar-refractivity contribution in [2.45, 2.75) is 6.92 Å². The highest BCUT2D eigenvalue weighted by molar-refractivity contribution is 5.94. The molecule has 1 amide bonds. The number of H-pyrrole nitrogens is 1. The molecular weight excluding hydrogens is 360 g/mol. The lowest BCUT2D eigenvalue weighted by Crippen LogP contribution is -2.17. The number of nitrogens with zero attached hydrogens (tertiary/aromatic N) is 2. The van der Waals surface area contributed by atoms with Gasteiger partial charge >= 0.3 is 0 Å². The van der Waals surface area contributed by atoms with Crippen molar-refractivity contribution in [1.82, 2.24) is 15.6 Å². The maximum absolute atomic E-state index is 12.3. The number of rotatable bonds is 5. The van der Waals surface area contributed by atoms with Gasteiger partial charge in [-0.3, -0.25) is 9.89 Å². The van der Waals surface area contributed by atoms with Crippen molar-refractivity contribution < 1.29 is 4.79 Å². The molecule has 0 atom stereocenters. The first kappa shape index (κ1) is 18.4. The zero-order valence-corrected chi connectivity index (χ0v) is 16.0. The fourth-order valence-corrected chi connectivity index (χ4v) is 2.93. The highest BCUT2D eigenvalue weighted by Gasteiger charge is 2.10. The Morgan fingerprint density at radius 1 is 0.897 bits per heavy atom. The monoisotopic (exact) mass is 380 g/mol. The summed E-state index contributed by atoms with van der Waals surface area (Å²) in [6.45, 7) is 2.03.